The van der Waals surface area contributed by atoms with Crippen molar-refractivity contribution in [3.63, 3.8) is 0 Å². The molecule has 0 saturated heterocycles. The third-order valence-corrected chi connectivity index (χ3v) is 3.68. The predicted molar refractivity (Wildman–Crippen MR) is 82.4 cm³/mol. The molecule has 2 aromatic rings. The van der Waals surface area contributed by atoms with Crippen LogP contribution >= 0.6 is 11.3 Å². The molecule has 0 aliphatic rings. The van der Waals surface area contributed by atoms with Crippen LogP contribution < -0.4 is 10.6 Å². The molecule has 1 heterocycles. The zero-order valence-electron chi connectivity index (χ0n) is 11.2. The summed E-state index contributed by atoms with van der Waals surface area (Å²) >= 11 is 1.59. The monoisotopic (exact) mass is 305 g/mol. The van der Waals surface area contributed by atoms with E-state index in [2.05, 4.69) is 10.6 Å². The van der Waals surface area contributed by atoms with Crippen molar-refractivity contribution >= 4 is 28.6 Å². The average Bonchev–Trinajstić information content (AvgIpc) is 2.99. The lowest BCUT2D eigenvalue weighted by Crippen LogP contribution is -2.24. The highest BCUT2D eigenvalue weighted by atomic mass is 32.1. The number of carbonyl (C=O) groups excluding carboxylic acids is 1. The summed E-state index contributed by atoms with van der Waals surface area (Å²) in [6, 6.07) is 10.3. The van der Waals surface area contributed by atoms with Crippen molar-refractivity contribution in [2.75, 3.05) is 11.9 Å². The van der Waals surface area contributed by atoms with E-state index in [1.807, 2.05) is 17.5 Å². The van der Waals surface area contributed by atoms with Gasteiger partial charge in [-0.15, -0.1) is 11.3 Å². The first kappa shape index (κ1) is 15.0. The van der Waals surface area contributed by atoms with Crippen molar-refractivity contribution in [3.05, 3.63) is 56.8 Å². The molecule has 1 amide bonds. The van der Waals surface area contributed by atoms with Crippen LogP contribution in [0.3, 0.4) is 0 Å². The number of nitro benzene ring substituents is 1. The van der Waals surface area contributed by atoms with Crippen LogP contribution in [0, 0.1) is 10.1 Å². The molecule has 0 unspecified atom stereocenters. The molecule has 0 bridgehead atoms. The Kier molecular flexibility index (Phi) is 5.28. The Morgan fingerprint density at radius 3 is 2.76 bits per heavy atom. The first-order valence-electron chi connectivity index (χ1n) is 6.43. The van der Waals surface area contributed by atoms with Gasteiger partial charge < -0.3 is 10.6 Å². The number of nitrogens with one attached hydrogen (secondary N) is 2. The Balaban J connectivity index is 1.76. The van der Waals surface area contributed by atoms with E-state index in [0.29, 0.717) is 18.8 Å². The molecule has 0 fully saturated rings. The normalized spacial score (nSPS) is 10.1. The molecule has 2 N–H and O–H groups in total. The molecule has 110 valence electrons. The maximum absolute atomic E-state index is 11.7. The summed E-state index contributed by atoms with van der Waals surface area (Å²) in [5, 5.41) is 18.5. The molecule has 0 saturated carbocycles. The molecule has 2 rings (SSSR count). The van der Waals surface area contributed by atoms with E-state index >= 15 is 0 Å². The summed E-state index contributed by atoms with van der Waals surface area (Å²) in [7, 11) is 0. The second kappa shape index (κ2) is 7.39. The lowest BCUT2D eigenvalue weighted by molar-refractivity contribution is -0.384. The SMILES string of the molecule is O=C(CCNc1ccccc1[N+](=O)[O-])NCc1cccs1. The first-order valence-corrected chi connectivity index (χ1v) is 7.31. The van der Waals surface area contributed by atoms with Gasteiger partial charge in [-0.25, -0.2) is 0 Å². The Bertz CT molecular complexity index is 614. The van der Waals surface area contributed by atoms with Crippen LogP contribution in [0.5, 0.6) is 0 Å². The van der Waals surface area contributed by atoms with Gasteiger partial charge in [0.1, 0.15) is 5.69 Å². The number of anilines is 1. The van der Waals surface area contributed by atoms with Gasteiger partial charge in [-0.3, -0.25) is 14.9 Å². The van der Waals surface area contributed by atoms with Crippen molar-refractivity contribution in [2.45, 2.75) is 13.0 Å². The second-order valence-electron chi connectivity index (χ2n) is 4.31. The summed E-state index contributed by atoms with van der Waals surface area (Å²) in [4.78, 5) is 23.2. The highest BCUT2D eigenvalue weighted by Crippen LogP contribution is 2.22. The van der Waals surface area contributed by atoms with Crippen LogP contribution in [0.1, 0.15) is 11.3 Å². The molecule has 6 nitrogen and oxygen atoms in total. The smallest absolute Gasteiger partial charge is 0.292 e. The number of benzene rings is 1. The standard InChI is InChI=1S/C14H15N3O3S/c18-14(16-10-11-4-3-9-21-11)7-8-15-12-5-1-2-6-13(12)17(19)20/h1-6,9,15H,7-8,10H2,(H,16,18). The van der Waals surface area contributed by atoms with Crippen LogP contribution in [0.15, 0.2) is 41.8 Å². The summed E-state index contributed by atoms with van der Waals surface area (Å²) in [5.74, 6) is -0.0884. The van der Waals surface area contributed by atoms with Gasteiger partial charge in [-0.2, -0.15) is 0 Å². The summed E-state index contributed by atoms with van der Waals surface area (Å²) in [6.07, 6.45) is 0.261. The zero-order valence-corrected chi connectivity index (χ0v) is 12.1. The van der Waals surface area contributed by atoms with Crippen molar-refractivity contribution in [2.24, 2.45) is 0 Å². The largest absolute Gasteiger partial charge is 0.379 e. The Labute approximate surface area is 126 Å². The van der Waals surface area contributed by atoms with Crippen LogP contribution in [-0.4, -0.2) is 17.4 Å². The van der Waals surface area contributed by atoms with E-state index in [0.717, 1.165) is 4.88 Å². The number of nitro groups is 1. The molecule has 1 aromatic carbocycles. The first-order chi connectivity index (χ1) is 10.2. The summed E-state index contributed by atoms with van der Waals surface area (Å²) < 4.78 is 0. The number of nitrogens with zero attached hydrogens (tertiary/aromatic N) is 1. The number of hydrogen-bond acceptors (Lipinski definition) is 5. The zero-order chi connectivity index (χ0) is 15.1. The van der Waals surface area contributed by atoms with Gasteiger partial charge in [-0.05, 0) is 17.5 Å². The second-order valence-corrected chi connectivity index (χ2v) is 5.34. The topological polar surface area (TPSA) is 84.3 Å². The number of rotatable bonds is 7. The van der Waals surface area contributed by atoms with Crippen LogP contribution in [0.25, 0.3) is 0 Å². The van der Waals surface area contributed by atoms with Crippen molar-refractivity contribution in [3.8, 4) is 0 Å². The van der Waals surface area contributed by atoms with Crippen molar-refractivity contribution < 1.29 is 9.72 Å². The minimum Gasteiger partial charge on any atom is -0.379 e. The maximum atomic E-state index is 11.7. The molecule has 0 atom stereocenters. The number of thiophene rings is 1. The van der Waals surface area contributed by atoms with E-state index in [1.165, 1.54) is 6.07 Å². The Morgan fingerprint density at radius 1 is 1.24 bits per heavy atom. The van der Waals surface area contributed by atoms with Crippen molar-refractivity contribution in [1.82, 2.24) is 5.32 Å². The predicted octanol–water partition coefficient (Wildman–Crippen LogP) is 2.77. The minimum absolute atomic E-state index is 0.0106. The van der Waals surface area contributed by atoms with E-state index in [4.69, 9.17) is 0 Å². The van der Waals surface area contributed by atoms with Gasteiger partial charge in [0.05, 0.1) is 11.5 Å². The molecule has 7 heteroatoms. The van der Waals surface area contributed by atoms with E-state index < -0.39 is 4.92 Å². The van der Waals surface area contributed by atoms with Gasteiger partial charge in [-0.1, -0.05) is 18.2 Å². The third kappa shape index (κ3) is 4.57. The molecule has 0 spiro atoms. The number of para-hydroxylation sites is 2. The van der Waals surface area contributed by atoms with Crippen LogP contribution in [0.2, 0.25) is 0 Å². The van der Waals surface area contributed by atoms with Crippen LogP contribution in [-0.2, 0) is 11.3 Å². The molecule has 1 aromatic heterocycles. The van der Waals surface area contributed by atoms with Gasteiger partial charge in [0.2, 0.25) is 5.91 Å². The van der Waals surface area contributed by atoms with Gasteiger partial charge in [0.25, 0.3) is 5.69 Å². The molecule has 0 aliphatic carbocycles. The molecular formula is C14H15N3O3S. The van der Waals surface area contributed by atoms with Gasteiger partial charge in [0.15, 0.2) is 0 Å². The fourth-order valence-electron chi connectivity index (χ4n) is 1.78. The van der Waals surface area contributed by atoms with E-state index in [9.17, 15) is 14.9 Å². The highest BCUT2D eigenvalue weighted by molar-refractivity contribution is 7.09. The average molecular weight is 305 g/mol. The van der Waals surface area contributed by atoms with Crippen LogP contribution in [0.4, 0.5) is 11.4 Å². The van der Waals surface area contributed by atoms with E-state index in [-0.39, 0.29) is 18.0 Å². The highest BCUT2D eigenvalue weighted by Gasteiger charge is 2.11. The maximum Gasteiger partial charge on any atom is 0.292 e. The lowest BCUT2D eigenvalue weighted by Gasteiger charge is -2.07. The van der Waals surface area contributed by atoms with E-state index in [1.54, 1.807) is 29.5 Å². The molecular weight excluding hydrogens is 290 g/mol. The fourth-order valence-corrected chi connectivity index (χ4v) is 2.42. The molecule has 0 aliphatic heterocycles. The van der Waals surface area contributed by atoms with Crippen molar-refractivity contribution in [1.29, 1.82) is 0 Å². The third-order valence-electron chi connectivity index (χ3n) is 2.81. The minimum atomic E-state index is -0.445. The lowest BCUT2D eigenvalue weighted by atomic mass is 10.2. The van der Waals surface area contributed by atoms with Gasteiger partial charge in [0, 0.05) is 23.9 Å². The number of amides is 1. The number of carbonyl (C=O) groups is 1. The summed E-state index contributed by atoms with van der Waals surface area (Å²) in [5.41, 5.74) is 0.435. The van der Waals surface area contributed by atoms with Gasteiger partial charge >= 0.3 is 0 Å². The fraction of sp³-hybridized carbons (Fsp3) is 0.214. The summed E-state index contributed by atoms with van der Waals surface area (Å²) in [6.45, 7) is 0.864. The molecule has 21 heavy (non-hydrogen) atoms. The Morgan fingerprint density at radius 2 is 2.05 bits per heavy atom. The molecule has 0 radical (unpaired) electrons. The number of hydrogen-bond donors (Lipinski definition) is 2. The quantitative estimate of drug-likeness (QED) is 0.608. The Hall–Kier alpha value is -2.41.